The number of methoxy groups -OCH3 is 1. The van der Waals surface area contributed by atoms with Crippen LogP contribution in [-0.4, -0.2) is 44.9 Å². The van der Waals surface area contributed by atoms with E-state index in [9.17, 15) is 13.2 Å². The van der Waals surface area contributed by atoms with Gasteiger partial charge in [0.1, 0.15) is 5.75 Å². The van der Waals surface area contributed by atoms with Crippen LogP contribution in [0.2, 0.25) is 0 Å². The zero-order valence-electron chi connectivity index (χ0n) is 12.7. The number of ether oxygens (including phenoxy) is 1. The molecule has 1 aromatic carbocycles. The number of hydrogen-bond acceptors (Lipinski definition) is 5. The Morgan fingerprint density at radius 3 is 2.64 bits per heavy atom. The van der Waals surface area contributed by atoms with E-state index >= 15 is 0 Å². The molecule has 0 bridgehead atoms. The largest absolute Gasteiger partial charge is 0.496 e. The smallest absolute Gasteiger partial charge is 0.252 e. The molecule has 2 unspecified atom stereocenters. The molecule has 0 radical (unpaired) electrons. The van der Waals surface area contributed by atoms with Crippen molar-refractivity contribution in [2.45, 2.75) is 24.3 Å². The summed E-state index contributed by atoms with van der Waals surface area (Å²) in [6.07, 6.45) is 0.732. The Morgan fingerprint density at radius 1 is 1.45 bits per heavy atom. The van der Waals surface area contributed by atoms with Crippen LogP contribution in [0.5, 0.6) is 5.75 Å². The van der Waals surface area contributed by atoms with Gasteiger partial charge in [-0.3, -0.25) is 4.79 Å². The predicted molar refractivity (Wildman–Crippen MR) is 82.0 cm³/mol. The Balaban J connectivity index is 2.34. The van der Waals surface area contributed by atoms with Crippen molar-refractivity contribution in [3.8, 4) is 5.75 Å². The molecule has 1 fully saturated rings. The normalized spacial score (nSPS) is 20.8. The lowest BCUT2D eigenvalue weighted by Gasteiger charge is -2.18. The minimum Gasteiger partial charge on any atom is -0.496 e. The third kappa shape index (κ3) is 3.08. The summed E-state index contributed by atoms with van der Waals surface area (Å²) >= 11 is 0. The zero-order valence-corrected chi connectivity index (χ0v) is 13.5. The van der Waals surface area contributed by atoms with Crippen LogP contribution in [0.25, 0.3) is 0 Å². The van der Waals surface area contributed by atoms with E-state index in [0.29, 0.717) is 13.1 Å². The maximum Gasteiger partial charge on any atom is 0.252 e. The molecule has 1 heterocycles. The number of carbonyl (C=O) groups excluding carboxylic acids is 1. The van der Waals surface area contributed by atoms with Crippen molar-refractivity contribution in [1.29, 1.82) is 0 Å². The molecule has 1 saturated heterocycles. The minimum absolute atomic E-state index is 0.0347. The number of amides is 1. The van der Waals surface area contributed by atoms with Crippen molar-refractivity contribution >= 4 is 15.9 Å². The molecule has 7 nitrogen and oxygen atoms in total. The van der Waals surface area contributed by atoms with Crippen molar-refractivity contribution < 1.29 is 17.9 Å². The molecule has 1 aliphatic rings. The van der Waals surface area contributed by atoms with E-state index in [4.69, 9.17) is 16.2 Å². The van der Waals surface area contributed by atoms with Crippen LogP contribution in [0.1, 0.15) is 23.7 Å². The van der Waals surface area contributed by atoms with Crippen molar-refractivity contribution in [2.75, 3.05) is 20.2 Å². The molecule has 1 amide bonds. The molecule has 2 rings (SSSR count). The van der Waals surface area contributed by atoms with E-state index in [0.717, 1.165) is 6.42 Å². The van der Waals surface area contributed by atoms with E-state index in [1.165, 1.54) is 29.6 Å². The van der Waals surface area contributed by atoms with Crippen LogP contribution in [0.3, 0.4) is 0 Å². The summed E-state index contributed by atoms with van der Waals surface area (Å²) in [5, 5.41) is 0. The Bertz CT molecular complexity index is 673. The van der Waals surface area contributed by atoms with Crippen LogP contribution in [0, 0.1) is 5.92 Å². The van der Waals surface area contributed by atoms with E-state index in [1.807, 2.05) is 6.92 Å². The molecule has 8 heteroatoms. The number of hydrogen-bond donors (Lipinski definition) is 2. The van der Waals surface area contributed by atoms with Crippen molar-refractivity contribution in [1.82, 2.24) is 4.31 Å². The molecular formula is C14H21N3O4S. The van der Waals surface area contributed by atoms with Gasteiger partial charge in [0, 0.05) is 19.1 Å². The van der Waals surface area contributed by atoms with Crippen LogP contribution in [0.4, 0.5) is 0 Å². The first-order valence-electron chi connectivity index (χ1n) is 7.01. The number of carbonyl (C=O) groups is 1. The Kier molecular flexibility index (Phi) is 4.74. The first-order chi connectivity index (χ1) is 10.3. The SMILES string of the molecule is COc1ccc(S(=O)(=O)N2CCC(C(C)N)C2)cc1C(N)=O. The molecule has 0 spiro atoms. The van der Waals surface area contributed by atoms with Gasteiger partial charge in [0.15, 0.2) is 0 Å². The maximum atomic E-state index is 12.7. The number of primary amides is 1. The van der Waals surface area contributed by atoms with Gasteiger partial charge >= 0.3 is 0 Å². The Labute approximate surface area is 130 Å². The fraction of sp³-hybridized carbons (Fsp3) is 0.500. The zero-order chi connectivity index (χ0) is 16.5. The Morgan fingerprint density at radius 2 is 2.14 bits per heavy atom. The molecule has 122 valence electrons. The summed E-state index contributed by atoms with van der Waals surface area (Å²) in [5.74, 6) is -0.339. The maximum absolute atomic E-state index is 12.7. The van der Waals surface area contributed by atoms with Crippen molar-refractivity contribution in [3.63, 3.8) is 0 Å². The van der Waals surface area contributed by atoms with Gasteiger partial charge in [-0.2, -0.15) is 4.31 Å². The number of rotatable bonds is 5. The van der Waals surface area contributed by atoms with E-state index < -0.39 is 15.9 Å². The van der Waals surface area contributed by atoms with Crippen LogP contribution in [0.15, 0.2) is 23.1 Å². The number of nitrogens with two attached hydrogens (primary N) is 2. The second-order valence-corrected chi connectivity index (χ2v) is 7.44. The average Bonchev–Trinajstić information content (AvgIpc) is 2.97. The second kappa shape index (κ2) is 6.23. The van der Waals surface area contributed by atoms with Gasteiger partial charge in [0.25, 0.3) is 5.91 Å². The second-order valence-electron chi connectivity index (χ2n) is 5.50. The van der Waals surface area contributed by atoms with E-state index in [2.05, 4.69) is 0 Å². The molecule has 0 saturated carbocycles. The predicted octanol–water partition coefficient (Wildman–Crippen LogP) is 0.152. The Hall–Kier alpha value is -1.64. The van der Waals surface area contributed by atoms with Gasteiger partial charge in [-0.05, 0) is 37.5 Å². The summed E-state index contributed by atoms with van der Waals surface area (Å²) in [5.41, 5.74) is 11.2. The van der Waals surface area contributed by atoms with Crippen molar-refractivity contribution in [2.24, 2.45) is 17.4 Å². The topological polar surface area (TPSA) is 116 Å². The average molecular weight is 327 g/mol. The van der Waals surface area contributed by atoms with Crippen molar-refractivity contribution in [3.05, 3.63) is 23.8 Å². The number of nitrogens with zero attached hydrogens (tertiary/aromatic N) is 1. The molecular weight excluding hydrogens is 306 g/mol. The van der Waals surface area contributed by atoms with Gasteiger partial charge in [-0.25, -0.2) is 8.42 Å². The summed E-state index contributed by atoms with van der Waals surface area (Å²) in [6, 6.07) is 4.05. The lowest BCUT2D eigenvalue weighted by atomic mass is 10.0. The van der Waals surface area contributed by atoms with E-state index in [-0.39, 0.29) is 28.2 Å². The summed E-state index contributed by atoms with van der Waals surface area (Å²) in [7, 11) is -2.28. The monoisotopic (exact) mass is 327 g/mol. The standard InChI is InChI=1S/C14H21N3O4S/c1-9(15)10-5-6-17(8-10)22(19,20)11-3-4-13(21-2)12(7-11)14(16)18/h3-4,7,9-10H,5-6,8,15H2,1-2H3,(H2,16,18). The quantitative estimate of drug-likeness (QED) is 0.799. The lowest BCUT2D eigenvalue weighted by Crippen LogP contribution is -2.33. The molecule has 0 aliphatic carbocycles. The summed E-state index contributed by atoms with van der Waals surface area (Å²) in [4.78, 5) is 11.5. The molecule has 22 heavy (non-hydrogen) atoms. The molecule has 4 N–H and O–H groups in total. The first kappa shape index (κ1) is 16.7. The summed E-state index contributed by atoms with van der Waals surface area (Å²) < 4.78 is 31.8. The molecule has 2 atom stereocenters. The summed E-state index contributed by atoms with van der Waals surface area (Å²) in [6.45, 7) is 2.68. The number of sulfonamides is 1. The van der Waals surface area contributed by atoms with E-state index in [1.54, 1.807) is 0 Å². The molecule has 1 aliphatic heterocycles. The molecule has 1 aromatic rings. The fourth-order valence-electron chi connectivity index (χ4n) is 2.59. The fourth-order valence-corrected chi connectivity index (χ4v) is 4.13. The lowest BCUT2D eigenvalue weighted by molar-refractivity contribution is 0.0997. The van der Waals surface area contributed by atoms with Gasteiger partial charge in [0.05, 0.1) is 17.6 Å². The molecule has 0 aromatic heterocycles. The minimum atomic E-state index is -3.67. The van der Waals surface area contributed by atoms with Crippen LogP contribution in [-0.2, 0) is 10.0 Å². The highest BCUT2D eigenvalue weighted by Crippen LogP contribution is 2.28. The highest BCUT2D eigenvalue weighted by atomic mass is 32.2. The van der Waals surface area contributed by atoms with Crippen LogP contribution >= 0.6 is 0 Å². The highest BCUT2D eigenvalue weighted by Gasteiger charge is 2.34. The van der Waals surface area contributed by atoms with Gasteiger partial charge < -0.3 is 16.2 Å². The number of benzene rings is 1. The highest BCUT2D eigenvalue weighted by molar-refractivity contribution is 7.89. The third-order valence-electron chi connectivity index (χ3n) is 4.01. The van der Waals surface area contributed by atoms with Gasteiger partial charge in [0.2, 0.25) is 10.0 Å². The first-order valence-corrected chi connectivity index (χ1v) is 8.45. The van der Waals surface area contributed by atoms with Gasteiger partial charge in [-0.1, -0.05) is 0 Å². The van der Waals surface area contributed by atoms with Gasteiger partial charge in [-0.15, -0.1) is 0 Å². The third-order valence-corrected chi connectivity index (χ3v) is 5.87. The van der Waals surface area contributed by atoms with Crippen LogP contribution < -0.4 is 16.2 Å².